The van der Waals surface area contributed by atoms with Gasteiger partial charge < -0.3 is 4.90 Å². The minimum atomic E-state index is 0.517. The average Bonchev–Trinajstić information content (AvgIpc) is 2.40. The molecule has 0 saturated heterocycles. The number of aromatic nitrogens is 1. The van der Waals surface area contributed by atoms with Crippen molar-refractivity contribution in [2.45, 2.75) is 19.7 Å². The summed E-state index contributed by atoms with van der Waals surface area (Å²) in [5.41, 5.74) is 3.25. The molecule has 18 heavy (non-hydrogen) atoms. The standard InChI is InChI=1S/C15H17ClN2/c1-3-18(14-7-5-4-6-8-14)15-10-13(11-16)9-12(2)17-15/h4-10H,3,11H2,1-2H3. The molecule has 0 aliphatic rings. The van der Waals surface area contributed by atoms with Gasteiger partial charge in [-0.3, -0.25) is 0 Å². The maximum Gasteiger partial charge on any atom is 0.133 e. The Morgan fingerprint density at radius 3 is 2.50 bits per heavy atom. The van der Waals surface area contributed by atoms with E-state index in [9.17, 15) is 0 Å². The first kappa shape index (κ1) is 12.9. The number of halogens is 1. The number of hydrogen-bond acceptors (Lipinski definition) is 2. The number of pyridine rings is 1. The summed E-state index contributed by atoms with van der Waals surface area (Å²) < 4.78 is 0. The summed E-state index contributed by atoms with van der Waals surface area (Å²) in [5.74, 6) is 1.47. The molecule has 0 amide bonds. The Morgan fingerprint density at radius 2 is 1.89 bits per heavy atom. The molecule has 3 heteroatoms. The van der Waals surface area contributed by atoms with Crippen LogP contribution in [-0.2, 0) is 5.88 Å². The van der Waals surface area contributed by atoms with Gasteiger partial charge in [-0.05, 0) is 43.7 Å². The van der Waals surface area contributed by atoms with Gasteiger partial charge in [0.1, 0.15) is 5.82 Å². The molecule has 0 radical (unpaired) electrons. The molecule has 2 rings (SSSR count). The monoisotopic (exact) mass is 260 g/mol. The maximum absolute atomic E-state index is 5.92. The molecule has 0 atom stereocenters. The van der Waals surface area contributed by atoms with Crippen LogP contribution in [0.25, 0.3) is 0 Å². The highest BCUT2D eigenvalue weighted by atomic mass is 35.5. The smallest absolute Gasteiger partial charge is 0.133 e. The second-order valence-corrected chi connectivity index (χ2v) is 4.46. The van der Waals surface area contributed by atoms with Crippen molar-refractivity contribution in [2.75, 3.05) is 11.4 Å². The molecule has 0 aliphatic carbocycles. The number of anilines is 2. The normalized spacial score (nSPS) is 10.4. The van der Waals surface area contributed by atoms with Gasteiger partial charge in [0.25, 0.3) is 0 Å². The summed E-state index contributed by atoms with van der Waals surface area (Å²) in [6.07, 6.45) is 0. The summed E-state index contributed by atoms with van der Waals surface area (Å²) in [6.45, 7) is 5.00. The van der Waals surface area contributed by atoms with Gasteiger partial charge in [-0.2, -0.15) is 0 Å². The van der Waals surface area contributed by atoms with Crippen LogP contribution in [0.1, 0.15) is 18.2 Å². The summed E-state index contributed by atoms with van der Waals surface area (Å²) >= 11 is 5.92. The lowest BCUT2D eigenvalue weighted by Crippen LogP contribution is -2.17. The van der Waals surface area contributed by atoms with Crippen molar-refractivity contribution in [3.05, 3.63) is 53.7 Å². The fourth-order valence-electron chi connectivity index (χ4n) is 2.02. The van der Waals surface area contributed by atoms with E-state index in [1.807, 2.05) is 31.2 Å². The fourth-order valence-corrected chi connectivity index (χ4v) is 2.18. The van der Waals surface area contributed by atoms with Crippen molar-refractivity contribution in [3.8, 4) is 0 Å². The lowest BCUT2D eigenvalue weighted by atomic mass is 10.2. The quantitative estimate of drug-likeness (QED) is 0.763. The van der Waals surface area contributed by atoms with Crippen LogP contribution < -0.4 is 4.90 Å². The molecule has 0 unspecified atom stereocenters. The summed E-state index contributed by atoms with van der Waals surface area (Å²) in [5, 5.41) is 0. The molecule has 2 aromatic rings. The van der Waals surface area contributed by atoms with Crippen LogP contribution >= 0.6 is 11.6 Å². The topological polar surface area (TPSA) is 16.1 Å². The first-order chi connectivity index (χ1) is 8.74. The summed E-state index contributed by atoms with van der Waals surface area (Å²) in [6, 6.07) is 14.4. The Balaban J connectivity index is 2.42. The van der Waals surface area contributed by atoms with E-state index in [1.165, 1.54) is 0 Å². The van der Waals surface area contributed by atoms with Crippen LogP contribution in [0.2, 0.25) is 0 Å². The van der Waals surface area contributed by atoms with Crippen molar-refractivity contribution in [3.63, 3.8) is 0 Å². The van der Waals surface area contributed by atoms with Gasteiger partial charge in [0.15, 0.2) is 0 Å². The van der Waals surface area contributed by atoms with Gasteiger partial charge in [-0.25, -0.2) is 4.98 Å². The molecule has 94 valence electrons. The van der Waals surface area contributed by atoms with Crippen LogP contribution in [0.5, 0.6) is 0 Å². The highest BCUT2D eigenvalue weighted by Crippen LogP contribution is 2.24. The van der Waals surface area contributed by atoms with Gasteiger partial charge in [0.05, 0.1) is 0 Å². The average molecular weight is 261 g/mol. The zero-order valence-corrected chi connectivity index (χ0v) is 11.5. The van der Waals surface area contributed by atoms with Crippen LogP contribution in [0.3, 0.4) is 0 Å². The number of benzene rings is 1. The lowest BCUT2D eigenvalue weighted by molar-refractivity contribution is 0.974. The molecular formula is C15H17ClN2. The molecule has 0 N–H and O–H groups in total. The number of alkyl halides is 1. The van der Waals surface area contributed by atoms with E-state index >= 15 is 0 Å². The van der Waals surface area contributed by atoms with Crippen molar-refractivity contribution in [1.82, 2.24) is 4.98 Å². The minimum Gasteiger partial charge on any atom is -0.327 e. The Bertz CT molecular complexity index is 511. The molecule has 0 fully saturated rings. The number of para-hydroxylation sites is 1. The Morgan fingerprint density at radius 1 is 1.17 bits per heavy atom. The van der Waals surface area contributed by atoms with Gasteiger partial charge in [0.2, 0.25) is 0 Å². The highest BCUT2D eigenvalue weighted by molar-refractivity contribution is 6.17. The fraction of sp³-hybridized carbons (Fsp3) is 0.267. The zero-order chi connectivity index (χ0) is 13.0. The third-order valence-electron chi connectivity index (χ3n) is 2.81. The molecule has 0 aliphatic heterocycles. The molecular weight excluding hydrogens is 244 g/mol. The van der Waals surface area contributed by atoms with Crippen LogP contribution in [-0.4, -0.2) is 11.5 Å². The third kappa shape index (κ3) is 2.82. The molecule has 1 aromatic heterocycles. The molecule has 1 aromatic carbocycles. The van der Waals surface area contributed by atoms with Gasteiger partial charge in [-0.15, -0.1) is 11.6 Å². The van der Waals surface area contributed by atoms with Crippen molar-refractivity contribution in [2.24, 2.45) is 0 Å². The molecule has 0 spiro atoms. The maximum atomic E-state index is 5.92. The van der Waals surface area contributed by atoms with E-state index in [0.29, 0.717) is 5.88 Å². The number of hydrogen-bond donors (Lipinski definition) is 0. The van der Waals surface area contributed by atoms with Gasteiger partial charge in [0, 0.05) is 23.8 Å². The van der Waals surface area contributed by atoms with Gasteiger partial charge >= 0.3 is 0 Å². The second-order valence-electron chi connectivity index (χ2n) is 4.19. The van der Waals surface area contributed by atoms with E-state index in [4.69, 9.17) is 11.6 Å². The predicted molar refractivity (Wildman–Crippen MR) is 77.7 cm³/mol. The largest absolute Gasteiger partial charge is 0.327 e. The Hall–Kier alpha value is -1.54. The van der Waals surface area contributed by atoms with Gasteiger partial charge in [-0.1, -0.05) is 18.2 Å². The Labute approximate surface area is 113 Å². The molecule has 0 bridgehead atoms. The van der Waals surface area contributed by atoms with Crippen LogP contribution in [0.4, 0.5) is 11.5 Å². The van der Waals surface area contributed by atoms with E-state index < -0.39 is 0 Å². The van der Waals surface area contributed by atoms with Crippen LogP contribution in [0, 0.1) is 6.92 Å². The number of nitrogens with zero attached hydrogens (tertiary/aromatic N) is 2. The van der Waals surface area contributed by atoms with Crippen LogP contribution in [0.15, 0.2) is 42.5 Å². The van der Waals surface area contributed by atoms with Crippen molar-refractivity contribution < 1.29 is 0 Å². The van der Waals surface area contributed by atoms with Crippen molar-refractivity contribution in [1.29, 1.82) is 0 Å². The zero-order valence-electron chi connectivity index (χ0n) is 10.7. The van der Waals surface area contributed by atoms with E-state index in [-0.39, 0.29) is 0 Å². The first-order valence-electron chi connectivity index (χ1n) is 6.10. The molecule has 0 saturated carbocycles. The first-order valence-corrected chi connectivity index (χ1v) is 6.64. The summed E-state index contributed by atoms with van der Waals surface area (Å²) in [7, 11) is 0. The minimum absolute atomic E-state index is 0.517. The third-order valence-corrected chi connectivity index (χ3v) is 3.12. The predicted octanol–water partition coefficient (Wildman–Crippen LogP) is 4.29. The molecule has 2 nitrogen and oxygen atoms in total. The number of aryl methyl sites for hydroxylation is 1. The van der Waals surface area contributed by atoms with E-state index in [2.05, 4.69) is 35.0 Å². The SMILES string of the molecule is CCN(c1ccccc1)c1cc(CCl)cc(C)n1. The van der Waals surface area contributed by atoms with E-state index in [0.717, 1.165) is 29.3 Å². The van der Waals surface area contributed by atoms with Crippen molar-refractivity contribution >= 4 is 23.1 Å². The number of rotatable bonds is 4. The second kappa shape index (κ2) is 5.87. The molecule has 1 heterocycles. The highest BCUT2D eigenvalue weighted by Gasteiger charge is 2.09. The summed E-state index contributed by atoms with van der Waals surface area (Å²) in [4.78, 5) is 6.78. The Kier molecular flexibility index (Phi) is 4.21. The lowest BCUT2D eigenvalue weighted by Gasteiger charge is -2.23. The van der Waals surface area contributed by atoms with E-state index in [1.54, 1.807) is 0 Å².